The van der Waals surface area contributed by atoms with Gasteiger partial charge in [0.25, 0.3) is 0 Å². The molecule has 0 heterocycles. The smallest absolute Gasteiger partial charge is 0.305 e. The van der Waals surface area contributed by atoms with Crippen LogP contribution in [-0.4, -0.2) is 47.4 Å². The average molecular weight is 1100 g/mol. The molecule has 0 aromatic heterocycles. The van der Waals surface area contributed by atoms with Gasteiger partial charge in [0.05, 0.1) is 25.4 Å². The molecule has 0 rings (SSSR count). The molecule has 6 nitrogen and oxygen atoms in total. The van der Waals surface area contributed by atoms with Crippen LogP contribution in [0.1, 0.15) is 399 Å². The highest BCUT2D eigenvalue weighted by molar-refractivity contribution is 5.76. The summed E-state index contributed by atoms with van der Waals surface area (Å²) in [6, 6.07) is -0.623. The van der Waals surface area contributed by atoms with E-state index >= 15 is 0 Å². The third-order valence-electron chi connectivity index (χ3n) is 16.7. The summed E-state index contributed by atoms with van der Waals surface area (Å²) >= 11 is 0. The van der Waals surface area contributed by atoms with Crippen LogP contribution in [0.2, 0.25) is 0 Å². The maximum Gasteiger partial charge on any atom is 0.305 e. The monoisotopic (exact) mass is 1100 g/mol. The van der Waals surface area contributed by atoms with Crippen molar-refractivity contribution in [3.63, 3.8) is 0 Å². The number of nitrogens with one attached hydrogen (secondary N) is 1. The van der Waals surface area contributed by atoms with Crippen molar-refractivity contribution in [2.45, 2.75) is 411 Å². The molecule has 2 atom stereocenters. The molecule has 0 aliphatic heterocycles. The maximum atomic E-state index is 12.5. The highest BCUT2D eigenvalue weighted by Gasteiger charge is 2.18. The number of carbonyl (C=O) groups is 2. The molecule has 0 radical (unpaired) electrons. The van der Waals surface area contributed by atoms with Crippen LogP contribution in [0.25, 0.3) is 0 Å². The number of aliphatic hydroxyl groups excluding tert-OH is 2. The molecule has 462 valence electrons. The SMILES string of the molecule is CCCC/C=C\CCCCCCCC(=O)OCCCCCCCCCCCCCCCCCCCCCCCCCCCCCCCCCCCCCC(=O)NC(CO)C(O)/C=C/CCCCCCCCCCCCCCC. The van der Waals surface area contributed by atoms with Crippen molar-refractivity contribution in [3.8, 4) is 0 Å². The summed E-state index contributed by atoms with van der Waals surface area (Å²) in [6.07, 6.45) is 85.6. The molecule has 0 bridgehead atoms. The third kappa shape index (κ3) is 63.5. The van der Waals surface area contributed by atoms with Gasteiger partial charge < -0.3 is 20.3 Å². The Labute approximate surface area is 488 Å². The molecule has 0 saturated carbocycles. The van der Waals surface area contributed by atoms with Gasteiger partial charge in [-0.1, -0.05) is 359 Å². The Kier molecular flexibility index (Phi) is 66.4. The molecule has 0 aliphatic rings. The largest absolute Gasteiger partial charge is 0.466 e. The first-order chi connectivity index (χ1) is 38.5. The minimum atomic E-state index is -0.840. The van der Waals surface area contributed by atoms with Gasteiger partial charge in [-0.15, -0.1) is 0 Å². The zero-order valence-electron chi connectivity index (χ0n) is 52.9. The molecule has 0 fully saturated rings. The van der Waals surface area contributed by atoms with Crippen LogP contribution in [0.5, 0.6) is 0 Å². The second-order valence-corrected chi connectivity index (χ2v) is 24.6. The number of hydrogen-bond donors (Lipinski definition) is 3. The van der Waals surface area contributed by atoms with Gasteiger partial charge in [0.1, 0.15) is 0 Å². The van der Waals surface area contributed by atoms with E-state index in [0.29, 0.717) is 19.4 Å². The highest BCUT2D eigenvalue weighted by Crippen LogP contribution is 2.19. The Morgan fingerprint density at radius 1 is 0.346 bits per heavy atom. The highest BCUT2D eigenvalue weighted by atomic mass is 16.5. The predicted molar refractivity (Wildman–Crippen MR) is 343 cm³/mol. The second-order valence-electron chi connectivity index (χ2n) is 24.6. The van der Waals surface area contributed by atoms with Gasteiger partial charge in [-0.2, -0.15) is 0 Å². The van der Waals surface area contributed by atoms with Crippen LogP contribution >= 0.6 is 0 Å². The van der Waals surface area contributed by atoms with E-state index in [2.05, 4.69) is 31.3 Å². The molecule has 0 aliphatic carbocycles. The lowest BCUT2D eigenvalue weighted by Gasteiger charge is -2.20. The number of ether oxygens (including phenoxy) is 1. The molecule has 1 amide bonds. The van der Waals surface area contributed by atoms with E-state index in [9.17, 15) is 19.8 Å². The molecule has 0 saturated heterocycles. The Morgan fingerprint density at radius 2 is 0.615 bits per heavy atom. The molecular weight excluding hydrogens is 959 g/mol. The maximum absolute atomic E-state index is 12.5. The van der Waals surface area contributed by atoms with Gasteiger partial charge in [0.2, 0.25) is 5.91 Å². The number of unbranched alkanes of at least 4 members (excludes halogenated alkanes) is 54. The van der Waals surface area contributed by atoms with E-state index in [1.165, 1.54) is 327 Å². The topological polar surface area (TPSA) is 95.9 Å². The van der Waals surface area contributed by atoms with Crippen molar-refractivity contribution >= 4 is 11.9 Å². The first-order valence-corrected chi connectivity index (χ1v) is 35.6. The molecule has 6 heteroatoms. The van der Waals surface area contributed by atoms with Crippen molar-refractivity contribution in [3.05, 3.63) is 24.3 Å². The summed E-state index contributed by atoms with van der Waals surface area (Å²) in [5.74, 6) is -0.0485. The number of amides is 1. The van der Waals surface area contributed by atoms with Crippen LogP contribution in [-0.2, 0) is 14.3 Å². The lowest BCUT2D eigenvalue weighted by Crippen LogP contribution is -2.45. The minimum Gasteiger partial charge on any atom is -0.466 e. The zero-order valence-corrected chi connectivity index (χ0v) is 52.9. The number of aliphatic hydroxyl groups is 2. The first-order valence-electron chi connectivity index (χ1n) is 35.6. The Morgan fingerprint density at radius 3 is 0.949 bits per heavy atom. The summed E-state index contributed by atoms with van der Waals surface area (Å²) in [5, 5.41) is 23.2. The Hall–Kier alpha value is -1.66. The number of esters is 1. The van der Waals surface area contributed by atoms with Gasteiger partial charge in [-0.05, 0) is 51.4 Å². The molecule has 78 heavy (non-hydrogen) atoms. The van der Waals surface area contributed by atoms with E-state index in [1.807, 2.05) is 6.08 Å². The van der Waals surface area contributed by atoms with Crippen LogP contribution in [0.4, 0.5) is 0 Å². The van der Waals surface area contributed by atoms with Gasteiger partial charge in [-0.25, -0.2) is 0 Å². The lowest BCUT2D eigenvalue weighted by atomic mass is 10.0. The lowest BCUT2D eigenvalue weighted by molar-refractivity contribution is -0.143. The van der Waals surface area contributed by atoms with Gasteiger partial charge in [0, 0.05) is 12.8 Å². The van der Waals surface area contributed by atoms with Gasteiger partial charge >= 0.3 is 5.97 Å². The predicted octanol–water partition coefficient (Wildman–Crippen LogP) is 22.9. The summed E-state index contributed by atoms with van der Waals surface area (Å²) in [5.41, 5.74) is 0. The number of carbonyl (C=O) groups excluding carboxylic acids is 2. The summed E-state index contributed by atoms with van der Waals surface area (Å²) in [4.78, 5) is 24.5. The fourth-order valence-electron chi connectivity index (χ4n) is 11.3. The number of hydrogen-bond acceptors (Lipinski definition) is 5. The summed E-state index contributed by atoms with van der Waals surface area (Å²) in [7, 11) is 0. The molecule has 3 N–H and O–H groups in total. The third-order valence-corrected chi connectivity index (χ3v) is 16.7. The Bertz CT molecular complexity index is 1220. The van der Waals surface area contributed by atoms with E-state index < -0.39 is 12.1 Å². The van der Waals surface area contributed by atoms with E-state index in [0.717, 1.165) is 44.9 Å². The number of allylic oxidation sites excluding steroid dienone is 3. The second kappa shape index (κ2) is 67.8. The molecule has 2 unspecified atom stereocenters. The quantitative estimate of drug-likeness (QED) is 0.0320. The molecule has 0 aromatic rings. The van der Waals surface area contributed by atoms with Crippen LogP contribution in [0.3, 0.4) is 0 Å². The van der Waals surface area contributed by atoms with Gasteiger partial charge in [-0.3, -0.25) is 9.59 Å². The van der Waals surface area contributed by atoms with Crippen LogP contribution in [0, 0.1) is 0 Å². The zero-order chi connectivity index (χ0) is 56.4. The van der Waals surface area contributed by atoms with E-state index in [4.69, 9.17) is 4.74 Å². The fourth-order valence-corrected chi connectivity index (χ4v) is 11.3. The standard InChI is InChI=1S/C72H139NO5/c1-3-5-7-9-11-13-15-16-38-41-45-48-52-56-60-64-70(75)69(68-74)73-71(76)65-61-57-53-49-46-42-39-36-34-32-30-28-26-24-22-20-18-17-19-21-23-25-27-29-31-33-35-37-40-43-47-51-55-59-63-67-78-72(77)66-62-58-54-50-44-14-12-10-8-6-4-2/h10,12,60,64,69-70,74-75H,3-9,11,13-59,61-63,65-68H2,1-2H3,(H,73,76)/b12-10-,64-60+. The minimum absolute atomic E-state index is 0.0116. The molecular formula is C72H139NO5. The van der Waals surface area contributed by atoms with Crippen molar-refractivity contribution in [1.82, 2.24) is 5.32 Å². The van der Waals surface area contributed by atoms with Gasteiger partial charge in [0.15, 0.2) is 0 Å². The van der Waals surface area contributed by atoms with Crippen LogP contribution in [0.15, 0.2) is 24.3 Å². The van der Waals surface area contributed by atoms with Crippen molar-refractivity contribution in [2.75, 3.05) is 13.2 Å². The van der Waals surface area contributed by atoms with E-state index in [1.54, 1.807) is 6.08 Å². The van der Waals surface area contributed by atoms with Crippen molar-refractivity contribution < 1.29 is 24.5 Å². The number of rotatable bonds is 67. The van der Waals surface area contributed by atoms with Crippen molar-refractivity contribution in [2.24, 2.45) is 0 Å². The van der Waals surface area contributed by atoms with E-state index in [-0.39, 0.29) is 18.5 Å². The molecule has 0 spiro atoms. The first kappa shape index (κ1) is 76.3. The summed E-state index contributed by atoms with van der Waals surface area (Å²) < 4.78 is 5.47. The molecule has 0 aromatic carbocycles. The van der Waals surface area contributed by atoms with Crippen molar-refractivity contribution in [1.29, 1.82) is 0 Å². The Balaban J connectivity index is 3.32. The normalized spacial score (nSPS) is 12.6. The van der Waals surface area contributed by atoms with Crippen LogP contribution < -0.4 is 5.32 Å². The summed E-state index contributed by atoms with van der Waals surface area (Å²) in [6.45, 7) is 4.90. The fraction of sp³-hybridized carbons (Fsp3) is 0.917. The average Bonchev–Trinajstić information content (AvgIpc) is 3.44.